The van der Waals surface area contributed by atoms with Crippen LogP contribution in [0.5, 0.6) is 0 Å². The van der Waals surface area contributed by atoms with E-state index in [4.69, 9.17) is 14.0 Å². The number of nitrogens with one attached hydrogen (secondary N) is 1. The number of carbonyl (C=O) groups is 1. The fourth-order valence-electron chi connectivity index (χ4n) is 1.83. The number of carbonyl (C=O) groups excluding carboxylic acids is 1. The molecule has 1 saturated heterocycles. The van der Waals surface area contributed by atoms with E-state index in [1.165, 1.54) is 0 Å². The van der Waals surface area contributed by atoms with Gasteiger partial charge in [0, 0.05) is 13.1 Å². The minimum absolute atomic E-state index is 0.0583. The summed E-state index contributed by atoms with van der Waals surface area (Å²) >= 11 is 0. The van der Waals surface area contributed by atoms with Gasteiger partial charge in [0.25, 0.3) is 0 Å². The van der Waals surface area contributed by atoms with Gasteiger partial charge in [-0.15, -0.1) is 0 Å². The summed E-state index contributed by atoms with van der Waals surface area (Å²) in [5, 5.41) is 6.52. The van der Waals surface area contributed by atoms with Crippen LogP contribution in [0.15, 0.2) is 10.6 Å². The molecule has 0 aromatic carbocycles. The summed E-state index contributed by atoms with van der Waals surface area (Å²) in [7, 11) is 1.72. The van der Waals surface area contributed by atoms with Crippen molar-refractivity contribution in [3.8, 4) is 0 Å². The highest BCUT2D eigenvalue weighted by molar-refractivity contribution is 5.73. The molecule has 1 aliphatic heterocycles. The van der Waals surface area contributed by atoms with Gasteiger partial charge >= 0.3 is 6.03 Å². The second-order valence-corrected chi connectivity index (χ2v) is 4.54. The van der Waals surface area contributed by atoms with E-state index >= 15 is 0 Å². The molecule has 2 rings (SSSR count). The lowest BCUT2D eigenvalue weighted by Crippen LogP contribution is -2.44. The smallest absolute Gasteiger partial charge is 0.317 e. The fraction of sp³-hybridized carbons (Fsp3) is 0.667. The van der Waals surface area contributed by atoms with Crippen LogP contribution >= 0.6 is 0 Å². The first-order valence-corrected chi connectivity index (χ1v) is 6.25. The molecule has 1 fully saturated rings. The van der Waals surface area contributed by atoms with E-state index in [9.17, 15) is 4.79 Å². The Balaban J connectivity index is 1.72. The van der Waals surface area contributed by atoms with Gasteiger partial charge in [0.15, 0.2) is 5.76 Å². The highest BCUT2D eigenvalue weighted by Gasteiger charge is 2.19. The molecule has 1 aliphatic rings. The molecule has 0 unspecified atom stereocenters. The Kier molecular flexibility index (Phi) is 4.75. The summed E-state index contributed by atoms with van der Waals surface area (Å²) in [5.74, 6) is 0.636. The highest BCUT2D eigenvalue weighted by atomic mass is 16.6. The third-order valence-electron chi connectivity index (χ3n) is 2.80. The maximum Gasteiger partial charge on any atom is 0.317 e. The van der Waals surface area contributed by atoms with Crippen molar-refractivity contribution < 1.29 is 18.8 Å². The average Bonchev–Trinajstić information content (AvgIpc) is 2.83. The number of likely N-dealkylation sites (N-methyl/N-ethyl adjacent to an activating group) is 1. The number of aryl methyl sites for hydroxylation is 1. The normalized spacial score (nSPS) is 19.2. The molecular weight excluding hydrogens is 250 g/mol. The first-order valence-electron chi connectivity index (χ1n) is 6.25. The summed E-state index contributed by atoms with van der Waals surface area (Å²) in [4.78, 5) is 13.4. The van der Waals surface area contributed by atoms with Gasteiger partial charge in [-0.25, -0.2) is 4.79 Å². The summed E-state index contributed by atoms with van der Waals surface area (Å²) in [6, 6.07) is 1.61. The molecule has 0 spiro atoms. The van der Waals surface area contributed by atoms with Gasteiger partial charge in [0.05, 0.1) is 44.7 Å². The zero-order valence-corrected chi connectivity index (χ0v) is 11.2. The van der Waals surface area contributed by atoms with Gasteiger partial charge in [-0.3, -0.25) is 0 Å². The maximum atomic E-state index is 11.9. The molecule has 0 saturated carbocycles. The second kappa shape index (κ2) is 6.53. The quantitative estimate of drug-likeness (QED) is 0.863. The van der Waals surface area contributed by atoms with E-state index in [0.29, 0.717) is 38.7 Å². The van der Waals surface area contributed by atoms with Crippen LogP contribution in [0.1, 0.15) is 11.5 Å². The lowest BCUT2D eigenvalue weighted by atomic mass is 10.3. The van der Waals surface area contributed by atoms with Crippen LogP contribution in [0.2, 0.25) is 0 Å². The third-order valence-corrected chi connectivity index (χ3v) is 2.80. The molecule has 2 amide bonds. The first-order chi connectivity index (χ1) is 9.15. The van der Waals surface area contributed by atoms with Crippen molar-refractivity contribution in [2.75, 3.05) is 33.4 Å². The lowest BCUT2D eigenvalue weighted by Gasteiger charge is -2.27. The Morgan fingerprint density at radius 3 is 3.05 bits per heavy atom. The van der Waals surface area contributed by atoms with Crippen molar-refractivity contribution in [1.29, 1.82) is 0 Å². The number of urea groups is 1. The molecule has 106 valence electrons. The molecular formula is C12H19N3O4. The lowest BCUT2D eigenvalue weighted by molar-refractivity contribution is -0.0928. The molecule has 1 N–H and O–H groups in total. The van der Waals surface area contributed by atoms with E-state index < -0.39 is 0 Å². The number of aromatic nitrogens is 1. The minimum Gasteiger partial charge on any atom is -0.376 e. The fourth-order valence-corrected chi connectivity index (χ4v) is 1.83. The summed E-state index contributed by atoms with van der Waals surface area (Å²) in [5.41, 5.74) is 0.797. The molecule has 19 heavy (non-hydrogen) atoms. The predicted octanol–water partition coefficient (Wildman–Crippen LogP) is 0.540. The monoisotopic (exact) mass is 269 g/mol. The van der Waals surface area contributed by atoms with Gasteiger partial charge in [0.1, 0.15) is 0 Å². The van der Waals surface area contributed by atoms with Crippen LogP contribution in [-0.2, 0) is 16.0 Å². The number of ether oxygens (including phenoxy) is 2. The SMILES string of the molecule is Cc1cc(CNC(=O)N(C)C[C@@H]2COCCO2)on1. The molecule has 7 heteroatoms. The van der Waals surface area contributed by atoms with E-state index in [1.807, 2.05) is 6.92 Å². The number of hydrogen-bond acceptors (Lipinski definition) is 5. The van der Waals surface area contributed by atoms with Crippen molar-refractivity contribution in [2.45, 2.75) is 19.6 Å². The minimum atomic E-state index is -0.178. The van der Waals surface area contributed by atoms with Crippen molar-refractivity contribution in [3.05, 3.63) is 17.5 Å². The molecule has 1 aromatic rings. The number of nitrogens with zero attached hydrogens (tertiary/aromatic N) is 2. The second-order valence-electron chi connectivity index (χ2n) is 4.54. The Hall–Kier alpha value is -1.60. The number of rotatable bonds is 4. The average molecular weight is 269 g/mol. The molecule has 1 atom stereocenters. The van der Waals surface area contributed by atoms with Gasteiger partial charge in [0.2, 0.25) is 0 Å². The molecule has 0 radical (unpaired) electrons. The Morgan fingerprint density at radius 1 is 1.58 bits per heavy atom. The molecule has 1 aromatic heterocycles. The van der Waals surface area contributed by atoms with Crippen LogP contribution in [0, 0.1) is 6.92 Å². The third kappa shape index (κ3) is 4.22. The van der Waals surface area contributed by atoms with Crippen molar-refractivity contribution in [2.24, 2.45) is 0 Å². The van der Waals surface area contributed by atoms with Gasteiger partial charge < -0.3 is 24.2 Å². The molecule has 0 bridgehead atoms. The van der Waals surface area contributed by atoms with Crippen molar-refractivity contribution >= 4 is 6.03 Å². The number of amides is 2. The topological polar surface area (TPSA) is 76.8 Å². The van der Waals surface area contributed by atoms with Gasteiger partial charge in [-0.1, -0.05) is 5.16 Å². The van der Waals surface area contributed by atoms with Gasteiger partial charge in [-0.05, 0) is 6.92 Å². The van der Waals surface area contributed by atoms with E-state index in [1.54, 1.807) is 18.0 Å². The van der Waals surface area contributed by atoms with E-state index in [2.05, 4.69) is 10.5 Å². The largest absolute Gasteiger partial charge is 0.376 e. The Bertz CT molecular complexity index is 415. The first kappa shape index (κ1) is 13.8. The number of hydrogen-bond donors (Lipinski definition) is 1. The Labute approximate surface area is 111 Å². The summed E-state index contributed by atoms with van der Waals surface area (Å²) < 4.78 is 15.8. The molecule has 2 heterocycles. The molecule has 0 aliphatic carbocycles. The van der Waals surface area contributed by atoms with Crippen LogP contribution in [0.25, 0.3) is 0 Å². The summed E-state index contributed by atoms with van der Waals surface area (Å²) in [6.45, 7) is 4.39. The summed E-state index contributed by atoms with van der Waals surface area (Å²) in [6.07, 6.45) is -0.0583. The highest BCUT2D eigenvalue weighted by Crippen LogP contribution is 2.04. The van der Waals surface area contributed by atoms with Crippen molar-refractivity contribution in [3.63, 3.8) is 0 Å². The van der Waals surface area contributed by atoms with Gasteiger partial charge in [-0.2, -0.15) is 0 Å². The van der Waals surface area contributed by atoms with Crippen LogP contribution in [-0.4, -0.2) is 55.6 Å². The predicted molar refractivity (Wildman–Crippen MR) is 66.7 cm³/mol. The van der Waals surface area contributed by atoms with Crippen LogP contribution in [0.3, 0.4) is 0 Å². The standard InChI is InChI=1S/C12H19N3O4/c1-9-5-10(19-14-9)6-13-12(16)15(2)7-11-8-17-3-4-18-11/h5,11H,3-4,6-8H2,1-2H3,(H,13,16)/t11-/m1/s1. The Morgan fingerprint density at radius 2 is 2.42 bits per heavy atom. The zero-order chi connectivity index (χ0) is 13.7. The van der Waals surface area contributed by atoms with E-state index in [-0.39, 0.29) is 12.1 Å². The molecule has 7 nitrogen and oxygen atoms in total. The van der Waals surface area contributed by atoms with Crippen LogP contribution in [0.4, 0.5) is 4.79 Å². The van der Waals surface area contributed by atoms with Crippen molar-refractivity contribution in [1.82, 2.24) is 15.4 Å². The van der Waals surface area contributed by atoms with Crippen LogP contribution < -0.4 is 5.32 Å². The maximum absolute atomic E-state index is 11.9. The van der Waals surface area contributed by atoms with E-state index in [0.717, 1.165) is 5.69 Å². The zero-order valence-electron chi connectivity index (χ0n) is 11.2.